The molecule has 0 bridgehead atoms. The monoisotopic (exact) mass is 252 g/mol. The lowest BCUT2D eigenvalue weighted by Crippen LogP contribution is -2.35. The summed E-state index contributed by atoms with van der Waals surface area (Å²) in [7, 11) is 0. The minimum Gasteiger partial charge on any atom is -0.353 e. The Labute approximate surface area is 109 Å². The molecule has 0 radical (unpaired) electrons. The molecular formula is C14H24N2O2. The van der Waals surface area contributed by atoms with Gasteiger partial charge in [0.25, 0.3) is 0 Å². The Balaban J connectivity index is 2.64. The van der Waals surface area contributed by atoms with Crippen LogP contribution in [0.2, 0.25) is 0 Å². The third kappa shape index (κ3) is 6.42. The minimum atomic E-state index is -0.0708. The molecule has 0 saturated heterocycles. The van der Waals surface area contributed by atoms with Crippen LogP contribution in [0.25, 0.3) is 0 Å². The van der Waals surface area contributed by atoms with Crippen molar-refractivity contribution in [2.45, 2.75) is 52.0 Å². The van der Waals surface area contributed by atoms with E-state index in [0.29, 0.717) is 18.9 Å². The first-order valence-corrected chi connectivity index (χ1v) is 6.83. The highest BCUT2D eigenvalue weighted by atomic mass is 16.2. The summed E-state index contributed by atoms with van der Waals surface area (Å²) in [5, 5.41) is 5.83. The first-order chi connectivity index (χ1) is 8.58. The van der Waals surface area contributed by atoms with Gasteiger partial charge in [-0.3, -0.25) is 9.59 Å². The molecule has 0 saturated carbocycles. The highest BCUT2D eigenvalue weighted by molar-refractivity contribution is 5.87. The summed E-state index contributed by atoms with van der Waals surface area (Å²) >= 11 is 0. The molecule has 18 heavy (non-hydrogen) atoms. The summed E-state index contributed by atoms with van der Waals surface area (Å²) in [6.07, 6.45) is 7.57. The van der Waals surface area contributed by atoms with Crippen molar-refractivity contribution < 1.29 is 9.59 Å². The van der Waals surface area contributed by atoms with Gasteiger partial charge in [0, 0.05) is 25.1 Å². The number of nitrogens with one attached hydrogen (secondary N) is 2. The van der Waals surface area contributed by atoms with Crippen LogP contribution in [-0.2, 0) is 9.59 Å². The molecule has 1 rings (SSSR count). The Morgan fingerprint density at radius 1 is 1.28 bits per heavy atom. The summed E-state index contributed by atoms with van der Waals surface area (Å²) in [6, 6.07) is -0.0392. The zero-order valence-electron chi connectivity index (χ0n) is 11.4. The molecule has 1 aliphatic rings. The summed E-state index contributed by atoms with van der Waals surface area (Å²) in [4.78, 5) is 23.2. The van der Waals surface area contributed by atoms with Crippen LogP contribution in [0, 0.1) is 5.92 Å². The van der Waals surface area contributed by atoms with E-state index in [4.69, 9.17) is 0 Å². The third-order valence-electron chi connectivity index (χ3n) is 2.93. The van der Waals surface area contributed by atoms with E-state index < -0.39 is 0 Å². The fourth-order valence-electron chi connectivity index (χ4n) is 2.03. The number of hydrogen-bond donors (Lipinski definition) is 2. The molecule has 2 amide bonds. The van der Waals surface area contributed by atoms with Crippen molar-refractivity contribution in [2.24, 2.45) is 5.92 Å². The maximum Gasteiger partial charge on any atom is 0.243 e. The van der Waals surface area contributed by atoms with Crippen LogP contribution in [0.4, 0.5) is 0 Å². The Hall–Kier alpha value is -1.32. The molecule has 0 aromatic heterocycles. The van der Waals surface area contributed by atoms with Crippen LogP contribution >= 0.6 is 0 Å². The summed E-state index contributed by atoms with van der Waals surface area (Å²) in [5.74, 6) is 0.501. The molecule has 0 aromatic rings. The zero-order chi connectivity index (χ0) is 13.4. The fraction of sp³-hybridized carbons (Fsp3) is 0.714. The van der Waals surface area contributed by atoms with E-state index in [0.717, 1.165) is 25.7 Å². The number of hydrogen-bond acceptors (Lipinski definition) is 2. The molecule has 0 aromatic carbocycles. The number of carbonyl (C=O) groups is 2. The van der Waals surface area contributed by atoms with Crippen molar-refractivity contribution >= 4 is 11.8 Å². The second-order valence-electron chi connectivity index (χ2n) is 5.26. The fourth-order valence-corrected chi connectivity index (χ4v) is 2.03. The van der Waals surface area contributed by atoms with E-state index in [9.17, 15) is 9.59 Å². The van der Waals surface area contributed by atoms with E-state index >= 15 is 0 Å². The predicted molar refractivity (Wildman–Crippen MR) is 72.0 cm³/mol. The highest BCUT2D eigenvalue weighted by Crippen LogP contribution is 2.08. The van der Waals surface area contributed by atoms with Crippen LogP contribution in [0.15, 0.2) is 12.2 Å². The summed E-state index contributed by atoms with van der Waals surface area (Å²) in [6.45, 7) is 4.91. The quantitative estimate of drug-likeness (QED) is 0.787. The summed E-state index contributed by atoms with van der Waals surface area (Å²) < 4.78 is 0. The second-order valence-corrected chi connectivity index (χ2v) is 5.26. The van der Waals surface area contributed by atoms with Gasteiger partial charge < -0.3 is 10.6 Å². The smallest absolute Gasteiger partial charge is 0.243 e. The number of amides is 2. The van der Waals surface area contributed by atoms with Crippen molar-refractivity contribution in [1.29, 1.82) is 0 Å². The number of rotatable bonds is 2. The highest BCUT2D eigenvalue weighted by Gasteiger charge is 2.12. The van der Waals surface area contributed by atoms with E-state index in [2.05, 4.69) is 24.5 Å². The molecule has 4 heteroatoms. The second kappa shape index (κ2) is 7.90. The van der Waals surface area contributed by atoms with Crippen molar-refractivity contribution in [3.8, 4) is 0 Å². The van der Waals surface area contributed by atoms with Crippen LogP contribution in [0.5, 0.6) is 0 Å². The van der Waals surface area contributed by atoms with E-state index in [1.165, 1.54) is 6.08 Å². The molecule has 102 valence electrons. The largest absolute Gasteiger partial charge is 0.353 e. The van der Waals surface area contributed by atoms with Gasteiger partial charge in [-0.15, -0.1) is 0 Å². The Kier molecular flexibility index (Phi) is 6.47. The molecule has 1 unspecified atom stereocenters. The molecule has 1 atom stereocenters. The Morgan fingerprint density at radius 2 is 2.06 bits per heavy atom. The first-order valence-electron chi connectivity index (χ1n) is 6.83. The number of carbonyl (C=O) groups excluding carboxylic acids is 2. The average Bonchev–Trinajstić information content (AvgIpc) is 2.28. The first kappa shape index (κ1) is 14.7. The van der Waals surface area contributed by atoms with Gasteiger partial charge >= 0.3 is 0 Å². The van der Waals surface area contributed by atoms with Gasteiger partial charge in [0.2, 0.25) is 11.8 Å². The maximum atomic E-state index is 11.7. The molecule has 1 heterocycles. The molecule has 0 fully saturated rings. The topological polar surface area (TPSA) is 58.2 Å². The van der Waals surface area contributed by atoms with Crippen LogP contribution in [0.1, 0.15) is 46.0 Å². The van der Waals surface area contributed by atoms with Gasteiger partial charge in [0.15, 0.2) is 0 Å². The standard InChI is InChI=1S/C14H24N2O2/c1-11(2)10-12-7-8-13(17)15-9-5-3-4-6-14(18)16-12/h7-8,11-12H,3-6,9-10H2,1-2H3,(H,15,17)(H,16,18)/b8-7+. The van der Waals surface area contributed by atoms with E-state index in [-0.39, 0.29) is 17.9 Å². The van der Waals surface area contributed by atoms with Crippen LogP contribution in [-0.4, -0.2) is 24.4 Å². The minimum absolute atomic E-state index is 0.0392. The molecule has 4 nitrogen and oxygen atoms in total. The zero-order valence-corrected chi connectivity index (χ0v) is 11.4. The van der Waals surface area contributed by atoms with Crippen LogP contribution in [0.3, 0.4) is 0 Å². The maximum absolute atomic E-state index is 11.7. The molecule has 0 spiro atoms. The molecular weight excluding hydrogens is 228 g/mol. The van der Waals surface area contributed by atoms with Gasteiger partial charge in [0.1, 0.15) is 0 Å². The van der Waals surface area contributed by atoms with Gasteiger partial charge in [-0.25, -0.2) is 0 Å². The SMILES string of the molecule is CC(C)CC1/C=C/C(=O)NCCCCCC(=O)N1. The van der Waals surface area contributed by atoms with Crippen molar-refractivity contribution in [3.05, 3.63) is 12.2 Å². The van der Waals surface area contributed by atoms with Gasteiger partial charge in [-0.1, -0.05) is 26.3 Å². The lowest BCUT2D eigenvalue weighted by molar-refractivity contribution is -0.122. The van der Waals surface area contributed by atoms with Gasteiger partial charge in [-0.2, -0.15) is 0 Å². The van der Waals surface area contributed by atoms with Crippen LogP contribution < -0.4 is 10.6 Å². The van der Waals surface area contributed by atoms with Crippen molar-refractivity contribution in [1.82, 2.24) is 10.6 Å². The lowest BCUT2D eigenvalue weighted by atomic mass is 10.0. The summed E-state index contributed by atoms with van der Waals surface area (Å²) in [5.41, 5.74) is 0. The van der Waals surface area contributed by atoms with Gasteiger partial charge in [-0.05, 0) is 25.2 Å². The van der Waals surface area contributed by atoms with E-state index in [1.807, 2.05) is 0 Å². The average molecular weight is 252 g/mol. The van der Waals surface area contributed by atoms with Crippen molar-refractivity contribution in [2.75, 3.05) is 6.54 Å². The Bertz CT molecular complexity index is 311. The Morgan fingerprint density at radius 3 is 2.78 bits per heavy atom. The lowest BCUT2D eigenvalue weighted by Gasteiger charge is -2.17. The molecule has 1 aliphatic heterocycles. The molecule has 0 aliphatic carbocycles. The molecule has 2 N–H and O–H groups in total. The predicted octanol–water partition coefficient (Wildman–Crippen LogP) is 1.76. The third-order valence-corrected chi connectivity index (χ3v) is 2.93. The van der Waals surface area contributed by atoms with Gasteiger partial charge in [0.05, 0.1) is 0 Å². The normalized spacial score (nSPS) is 24.7. The van der Waals surface area contributed by atoms with E-state index in [1.54, 1.807) is 6.08 Å². The van der Waals surface area contributed by atoms with Crippen molar-refractivity contribution in [3.63, 3.8) is 0 Å².